The van der Waals surface area contributed by atoms with Crippen molar-refractivity contribution in [2.24, 2.45) is 0 Å². The van der Waals surface area contributed by atoms with Crippen molar-refractivity contribution in [3.05, 3.63) is 12.2 Å². The van der Waals surface area contributed by atoms with Gasteiger partial charge in [0.1, 0.15) is 0 Å². The van der Waals surface area contributed by atoms with Gasteiger partial charge >= 0.3 is 11.9 Å². The molecular formula is C30H58O4Zn2. The maximum Gasteiger partial charge on any atom is 0.303 e. The van der Waals surface area contributed by atoms with Crippen LogP contribution in [-0.4, -0.2) is 22.2 Å². The first-order valence-corrected chi connectivity index (χ1v) is 14.6. The minimum absolute atomic E-state index is 0. The molecule has 0 saturated heterocycles. The summed E-state index contributed by atoms with van der Waals surface area (Å²) >= 11 is 0. The van der Waals surface area contributed by atoms with Gasteiger partial charge in [-0.1, -0.05) is 129 Å². The Labute approximate surface area is 249 Å². The van der Waals surface area contributed by atoms with Crippen LogP contribution in [0.5, 0.6) is 0 Å². The van der Waals surface area contributed by atoms with E-state index in [4.69, 9.17) is 10.2 Å². The summed E-state index contributed by atoms with van der Waals surface area (Å²) < 4.78 is 0. The quantitative estimate of drug-likeness (QED) is 0.0611. The Morgan fingerprint density at radius 1 is 0.444 bits per heavy atom. The largest absolute Gasteiger partial charge is 0.481 e. The normalized spacial score (nSPS) is 10.3. The molecule has 0 rings (SSSR count). The maximum atomic E-state index is 10.3. The van der Waals surface area contributed by atoms with Crippen LogP contribution in [0.15, 0.2) is 12.2 Å². The van der Waals surface area contributed by atoms with Gasteiger partial charge in [0.2, 0.25) is 0 Å². The number of allylic oxidation sites excluding steroid dienone is 2. The number of hydrogen-bond acceptors (Lipinski definition) is 2. The molecule has 0 aromatic rings. The Kier molecular flexibility index (Phi) is 47.1. The fourth-order valence-corrected chi connectivity index (χ4v) is 3.93. The smallest absolute Gasteiger partial charge is 0.303 e. The zero-order chi connectivity index (χ0) is 25.5. The summed E-state index contributed by atoms with van der Waals surface area (Å²) in [7, 11) is 0. The van der Waals surface area contributed by atoms with Crippen molar-refractivity contribution >= 4 is 11.9 Å². The van der Waals surface area contributed by atoms with E-state index >= 15 is 0 Å². The van der Waals surface area contributed by atoms with Gasteiger partial charge in [0.25, 0.3) is 0 Å². The van der Waals surface area contributed by atoms with E-state index in [1.54, 1.807) is 0 Å². The van der Waals surface area contributed by atoms with E-state index in [2.05, 4.69) is 26.0 Å². The summed E-state index contributed by atoms with van der Waals surface area (Å²) in [6, 6.07) is 0. The molecule has 6 heteroatoms. The van der Waals surface area contributed by atoms with Gasteiger partial charge in [0, 0.05) is 51.8 Å². The number of rotatable bonds is 25. The van der Waals surface area contributed by atoms with Gasteiger partial charge < -0.3 is 10.2 Å². The molecule has 0 aliphatic carbocycles. The van der Waals surface area contributed by atoms with Gasteiger partial charge in [-0.05, 0) is 38.5 Å². The minimum Gasteiger partial charge on any atom is -0.481 e. The molecule has 0 aliphatic heterocycles. The average Bonchev–Trinajstić information content (AvgIpc) is 2.80. The summed E-state index contributed by atoms with van der Waals surface area (Å²) in [4.78, 5) is 20.5. The average molecular weight is 614 g/mol. The standard InChI is InChI=1S/C18H34O2.C12H24O2.2Zn/c1-2-3-4-5-6-7-8-9-10-11-12-13-14-15-16-17-18(19)20;1-2-3-4-5-6-7-8-9-10-11-12(13)14;;/h9-10H,2-8,11-17H2,1H3,(H,19,20);2-11H2,1H3,(H,13,14);;/b10-9-;;;. The fourth-order valence-electron chi connectivity index (χ4n) is 3.93. The summed E-state index contributed by atoms with van der Waals surface area (Å²) in [6.07, 6.45) is 32.7. The summed E-state index contributed by atoms with van der Waals surface area (Å²) in [5, 5.41) is 16.9. The second-order valence-corrected chi connectivity index (χ2v) is 9.70. The van der Waals surface area contributed by atoms with Crippen LogP contribution in [0, 0.1) is 0 Å². The van der Waals surface area contributed by atoms with E-state index in [1.807, 2.05) is 0 Å². The molecule has 0 amide bonds. The molecule has 206 valence electrons. The van der Waals surface area contributed by atoms with Gasteiger partial charge in [-0.2, -0.15) is 0 Å². The number of carboxylic acids is 2. The van der Waals surface area contributed by atoms with Crippen molar-refractivity contribution in [3.63, 3.8) is 0 Å². The molecule has 0 unspecified atom stereocenters. The second kappa shape index (κ2) is 39.4. The first-order valence-electron chi connectivity index (χ1n) is 14.6. The molecule has 0 bridgehead atoms. The molecule has 0 aliphatic rings. The Hall–Kier alpha value is -0.0732. The van der Waals surface area contributed by atoms with Crippen molar-refractivity contribution in [2.45, 2.75) is 168 Å². The number of aliphatic carboxylic acids is 2. The third-order valence-electron chi connectivity index (χ3n) is 6.15. The van der Waals surface area contributed by atoms with Crippen LogP contribution in [0.2, 0.25) is 0 Å². The number of hydrogen-bond donors (Lipinski definition) is 2. The fraction of sp³-hybridized carbons (Fsp3) is 0.867. The number of unbranched alkanes of at least 4 members (excludes halogenated alkanes) is 19. The maximum absolute atomic E-state index is 10.3. The molecule has 0 saturated carbocycles. The molecule has 4 nitrogen and oxygen atoms in total. The Morgan fingerprint density at radius 2 is 0.694 bits per heavy atom. The summed E-state index contributed by atoms with van der Waals surface area (Å²) in [5.41, 5.74) is 0. The van der Waals surface area contributed by atoms with E-state index in [0.29, 0.717) is 12.8 Å². The topological polar surface area (TPSA) is 74.6 Å². The van der Waals surface area contributed by atoms with E-state index < -0.39 is 11.9 Å². The molecule has 0 fully saturated rings. The molecule has 0 aromatic heterocycles. The van der Waals surface area contributed by atoms with E-state index in [1.165, 1.54) is 116 Å². The van der Waals surface area contributed by atoms with Crippen molar-refractivity contribution in [1.29, 1.82) is 0 Å². The van der Waals surface area contributed by atoms with Crippen molar-refractivity contribution in [1.82, 2.24) is 0 Å². The van der Waals surface area contributed by atoms with Crippen LogP contribution < -0.4 is 0 Å². The van der Waals surface area contributed by atoms with Crippen molar-refractivity contribution in [3.8, 4) is 0 Å². The molecule has 0 heterocycles. The van der Waals surface area contributed by atoms with Crippen molar-refractivity contribution < 1.29 is 58.8 Å². The van der Waals surface area contributed by atoms with E-state index in [9.17, 15) is 9.59 Å². The Bertz CT molecular complexity index is 456. The number of carboxylic acid groups (broad SMARTS) is 2. The predicted molar refractivity (Wildman–Crippen MR) is 147 cm³/mol. The second-order valence-electron chi connectivity index (χ2n) is 9.70. The molecular weight excluding hydrogens is 555 g/mol. The van der Waals surface area contributed by atoms with Gasteiger partial charge in [0.05, 0.1) is 0 Å². The zero-order valence-electron chi connectivity index (χ0n) is 24.3. The first-order chi connectivity index (χ1) is 16.5. The Morgan fingerprint density at radius 3 is 0.972 bits per heavy atom. The van der Waals surface area contributed by atoms with E-state index in [0.717, 1.165) is 25.7 Å². The molecule has 2 N–H and O–H groups in total. The van der Waals surface area contributed by atoms with Crippen LogP contribution >= 0.6 is 0 Å². The predicted octanol–water partition coefficient (Wildman–Crippen LogP) is 10.1. The van der Waals surface area contributed by atoms with Crippen LogP contribution in [0.1, 0.15) is 168 Å². The summed E-state index contributed by atoms with van der Waals surface area (Å²) in [6.45, 7) is 4.49. The van der Waals surface area contributed by atoms with E-state index in [-0.39, 0.29) is 39.0 Å². The first kappa shape index (κ1) is 43.0. The van der Waals surface area contributed by atoms with Gasteiger partial charge in [-0.15, -0.1) is 0 Å². The zero-order valence-corrected chi connectivity index (χ0v) is 30.2. The third kappa shape index (κ3) is 47.2. The molecule has 36 heavy (non-hydrogen) atoms. The monoisotopic (exact) mass is 610 g/mol. The minimum atomic E-state index is -0.664. The van der Waals surface area contributed by atoms with Gasteiger partial charge in [-0.25, -0.2) is 0 Å². The van der Waals surface area contributed by atoms with Crippen molar-refractivity contribution in [2.75, 3.05) is 0 Å². The molecule has 0 aromatic carbocycles. The third-order valence-corrected chi connectivity index (χ3v) is 6.15. The van der Waals surface area contributed by atoms with Gasteiger partial charge in [-0.3, -0.25) is 9.59 Å². The Balaban J connectivity index is -0.000000285. The number of carbonyl (C=O) groups is 2. The summed E-state index contributed by atoms with van der Waals surface area (Å²) in [5.74, 6) is -1.32. The van der Waals surface area contributed by atoms with Gasteiger partial charge in [0.15, 0.2) is 0 Å². The van der Waals surface area contributed by atoms with Crippen LogP contribution in [0.25, 0.3) is 0 Å². The van der Waals surface area contributed by atoms with Crippen LogP contribution in [0.3, 0.4) is 0 Å². The molecule has 0 radical (unpaired) electrons. The molecule has 0 spiro atoms. The van der Waals surface area contributed by atoms with Crippen LogP contribution in [0.4, 0.5) is 0 Å². The SMILES string of the molecule is CCCCCCCC/C=C\CCCCCCCC(=O)O.CCCCCCCCCCCC(=O)O.[Zn].[Zn]. The van der Waals surface area contributed by atoms with Crippen LogP contribution in [-0.2, 0) is 48.5 Å². The molecule has 0 atom stereocenters.